The summed E-state index contributed by atoms with van der Waals surface area (Å²) in [6, 6.07) is 13.4. The van der Waals surface area contributed by atoms with Crippen LogP contribution in [0.5, 0.6) is 0 Å². The van der Waals surface area contributed by atoms with Crippen molar-refractivity contribution >= 4 is 26.6 Å². The predicted octanol–water partition coefficient (Wildman–Crippen LogP) is 3.30. The van der Waals surface area contributed by atoms with Crippen LogP contribution < -0.4 is 0 Å². The summed E-state index contributed by atoms with van der Waals surface area (Å²) < 4.78 is 24.2. The standard InChI is InChI=1S/C18H22O4S/c1-2-3-11-23(21,22)13-16(18(19)20)12-15-9-6-8-14-7-4-5-10-17(14)15/h4-10,16H,2-3,11-13H2,1H3,(H,19,20)/t16-/m1/s1. The molecule has 2 aromatic carbocycles. The van der Waals surface area contributed by atoms with E-state index in [-0.39, 0.29) is 17.9 Å². The maximum atomic E-state index is 12.1. The molecule has 0 aliphatic heterocycles. The van der Waals surface area contributed by atoms with E-state index in [1.807, 2.05) is 49.4 Å². The summed E-state index contributed by atoms with van der Waals surface area (Å²) in [7, 11) is -3.34. The third-order valence-corrected chi connectivity index (χ3v) is 5.78. The molecule has 2 aromatic rings. The molecule has 0 saturated heterocycles. The Labute approximate surface area is 137 Å². The molecule has 0 unspecified atom stereocenters. The van der Waals surface area contributed by atoms with E-state index in [0.29, 0.717) is 6.42 Å². The molecule has 0 spiro atoms. The molecule has 0 aromatic heterocycles. The van der Waals surface area contributed by atoms with Crippen LogP contribution in [-0.4, -0.2) is 31.0 Å². The molecule has 4 nitrogen and oxygen atoms in total. The van der Waals surface area contributed by atoms with E-state index in [4.69, 9.17) is 0 Å². The molecule has 124 valence electrons. The minimum atomic E-state index is -3.34. The molecule has 1 atom stereocenters. The molecule has 0 heterocycles. The fraction of sp³-hybridized carbons (Fsp3) is 0.389. The van der Waals surface area contributed by atoms with Gasteiger partial charge in [-0.1, -0.05) is 55.8 Å². The molecule has 23 heavy (non-hydrogen) atoms. The summed E-state index contributed by atoms with van der Waals surface area (Å²) in [5.41, 5.74) is 0.876. The zero-order valence-electron chi connectivity index (χ0n) is 13.2. The molecule has 0 saturated carbocycles. The number of hydrogen-bond donors (Lipinski definition) is 1. The van der Waals surface area contributed by atoms with Crippen molar-refractivity contribution in [2.45, 2.75) is 26.2 Å². The first-order chi connectivity index (χ1) is 10.9. The number of sulfone groups is 1. The maximum Gasteiger partial charge on any atom is 0.307 e. The van der Waals surface area contributed by atoms with E-state index < -0.39 is 21.7 Å². The van der Waals surface area contributed by atoms with Gasteiger partial charge in [0.25, 0.3) is 0 Å². The van der Waals surface area contributed by atoms with Gasteiger partial charge in [0, 0.05) is 0 Å². The van der Waals surface area contributed by atoms with Crippen LogP contribution in [0.15, 0.2) is 42.5 Å². The third kappa shape index (κ3) is 4.79. The van der Waals surface area contributed by atoms with Crippen molar-refractivity contribution in [1.29, 1.82) is 0 Å². The van der Waals surface area contributed by atoms with Gasteiger partial charge in [0.05, 0.1) is 17.4 Å². The number of benzene rings is 2. The molecule has 0 aliphatic carbocycles. The van der Waals surface area contributed by atoms with Crippen LogP contribution in [0, 0.1) is 5.92 Å². The number of carbonyl (C=O) groups is 1. The number of aliphatic carboxylic acids is 1. The highest BCUT2D eigenvalue weighted by Crippen LogP contribution is 2.22. The summed E-state index contributed by atoms with van der Waals surface area (Å²) in [5, 5.41) is 11.4. The normalized spacial score (nSPS) is 13.1. The van der Waals surface area contributed by atoms with E-state index in [1.54, 1.807) is 0 Å². The number of unbranched alkanes of at least 4 members (excludes halogenated alkanes) is 1. The molecule has 5 heteroatoms. The zero-order valence-corrected chi connectivity index (χ0v) is 14.1. The highest BCUT2D eigenvalue weighted by Gasteiger charge is 2.25. The Morgan fingerprint density at radius 1 is 1.13 bits per heavy atom. The highest BCUT2D eigenvalue weighted by molar-refractivity contribution is 7.91. The third-order valence-electron chi connectivity index (χ3n) is 3.96. The highest BCUT2D eigenvalue weighted by atomic mass is 32.2. The van der Waals surface area contributed by atoms with Gasteiger partial charge in [-0.05, 0) is 29.2 Å². The smallest absolute Gasteiger partial charge is 0.307 e. The van der Waals surface area contributed by atoms with Crippen molar-refractivity contribution in [2.75, 3.05) is 11.5 Å². The van der Waals surface area contributed by atoms with Crippen LogP contribution in [0.25, 0.3) is 10.8 Å². The number of carboxylic acid groups (broad SMARTS) is 1. The number of rotatable bonds is 8. The average Bonchev–Trinajstić information content (AvgIpc) is 2.52. The molecule has 2 rings (SSSR count). The van der Waals surface area contributed by atoms with Crippen LogP contribution >= 0.6 is 0 Å². The molecule has 0 bridgehead atoms. The average molecular weight is 334 g/mol. The lowest BCUT2D eigenvalue weighted by molar-refractivity contribution is -0.140. The van der Waals surface area contributed by atoms with E-state index in [0.717, 1.165) is 22.8 Å². The maximum absolute atomic E-state index is 12.1. The van der Waals surface area contributed by atoms with Gasteiger partial charge in [-0.25, -0.2) is 8.42 Å². The first-order valence-corrected chi connectivity index (χ1v) is 9.65. The zero-order chi connectivity index (χ0) is 16.9. The first-order valence-electron chi connectivity index (χ1n) is 7.83. The predicted molar refractivity (Wildman–Crippen MR) is 92.3 cm³/mol. The summed E-state index contributed by atoms with van der Waals surface area (Å²) in [5.74, 6) is -2.21. The Kier molecular flexibility index (Phi) is 5.77. The SMILES string of the molecule is CCCCS(=O)(=O)C[C@@H](Cc1cccc2ccccc12)C(=O)O. The van der Waals surface area contributed by atoms with Crippen LogP contribution in [0.4, 0.5) is 0 Å². The topological polar surface area (TPSA) is 71.4 Å². The quantitative estimate of drug-likeness (QED) is 0.804. The van der Waals surface area contributed by atoms with Crippen molar-refractivity contribution in [3.8, 4) is 0 Å². The lowest BCUT2D eigenvalue weighted by Crippen LogP contribution is -2.27. The van der Waals surface area contributed by atoms with Crippen molar-refractivity contribution in [3.63, 3.8) is 0 Å². The van der Waals surface area contributed by atoms with Crippen molar-refractivity contribution in [3.05, 3.63) is 48.0 Å². The van der Waals surface area contributed by atoms with Crippen LogP contribution in [0.2, 0.25) is 0 Å². The van der Waals surface area contributed by atoms with Gasteiger partial charge in [0.2, 0.25) is 0 Å². The Morgan fingerprint density at radius 3 is 2.52 bits per heavy atom. The Morgan fingerprint density at radius 2 is 1.83 bits per heavy atom. The van der Waals surface area contributed by atoms with Gasteiger partial charge in [0.1, 0.15) is 0 Å². The molecule has 1 N–H and O–H groups in total. The van der Waals surface area contributed by atoms with E-state index in [9.17, 15) is 18.3 Å². The first kappa shape index (κ1) is 17.5. The van der Waals surface area contributed by atoms with Crippen LogP contribution in [0.1, 0.15) is 25.3 Å². The van der Waals surface area contributed by atoms with Gasteiger partial charge in [-0.15, -0.1) is 0 Å². The second-order valence-corrected chi connectivity index (χ2v) is 8.07. The minimum absolute atomic E-state index is 0.0584. The van der Waals surface area contributed by atoms with Gasteiger partial charge in [-0.3, -0.25) is 4.79 Å². The van der Waals surface area contributed by atoms with Gasteiger partial charge < -0.3 is 5.11 Å². The van der Waals surface area contributed by atoms with Crippen LogP contribution in [-0.2, 0) is 21.1 Å². The van der Waals surface area contributed by atoms with Gasteiger partial charge in [-0.2, -0.15) is 0 Å². The number of fused-ring (bicyclic) bond motifs is 1. The molecule has 0 fully saturated rings. The van der Waals surface area contributed by atoms with E-state index in [1.165, 1.54) is 0 Å². The van der Waals surface area contributed by atoms with Gasteiger partial charge in [0.15, 0.2) is 9.84 Å². The molecule has 0 amide bonds. The van der Waals surface area contributed by atoms with Gasteiger partial charge >= 0.3 is 5.97 Å². The Bertz CT molecular complexity index is 775. The number of carboxylic acids is 1. The monoisotopic (exact) mass is 334 g/mol. The second-order valence-electron chi connectivity index (χ2n) is 5.85. The van der Waals surface area contributed by atoms with Crippen LogP contribution in [0.3, 0.4) is 0 Å². The molecule has 0 aliphatic rings. The second kappa shape index (κ2) is 7.59. The summed E-state index contributed by atoms with van der Waals surface area (Å²) in [4.78, 5) is 11.5. The fourth-order valence-corrected chi connectivity index (χ4v) is 4.48. The molecule has 0 radical (unpaired) electrons. The summed E-state index contributed by atoms with van der Waals surface area (Å²) in [6.45, 7) is 1.92. The minimum Gasteiger partial charge on any atom is -0.481 e. The summed E-state index contributed by atoms with van der Waals surface area (Å²) >= 11 is 0. The summed E-state index contributed by atoms with van der Waals surface area (Å²) in [6.07, 6.45) is 1.57. The largest absolute Gasteiger partial charge is 0.481 e. The van der Waals surface area contributed by atoms with Crippen molar-refractivity contribution < 1.29 is 18.3 Å². The van der Waals surface area contributed by atoms with E-state index in [2.05, 4.69) is 0 Å². The molecular weight excluding hydrogens is 312 g/mol. The Balaban J connectivity index is 2.24. The van der Waals surface area contributed by atoms with Crippen molar-refractivity contribution in [1.82, 2.24) is 0 Å². The lowest BCUT2D eigenvalue weighted by atomic mass is 9.96. The number of hydrogen-bond acceptors (Lipinski definition) is 3. The fourth-order valence-electron chi connectivity index (χ4n) is 2.71. The lowest BCUT2D eigenvalue weighted by Gasteiger charge is -2.14. The molecular formula is C18H22O4S. The Hall–Kier alpha value is -1.88. The van der Waals surface area contributed by atoms with Crippen molar-refractivity contribution in [2.24, 2.45) is 5.92 Å². The van der Waals surface area contributed by atoms with E-state index >= 15 is 0 Å².